The van der Waals surface area contributed by atoms with Gasteiger partial charge in [-0.2, -0.15) is 0 Å². The van der Waals surface area contributed by atoms with Gasteiger partial charge in [0.15, 0.2) is 6.61 Å². The van der Waals surface area contributed by atoms with E-state index in [0.717, 1.165) is 0 Å². The maximum atomic E-state index is 12.4. The molecule has 0 saturated carbocycles. The zero-order valence-electron chi connectivity index (χ0n) is 16.5. The number of hydrogen-bond donors (Lipinski definition) is 3. The van der Waals surface area contributed by atoms with Gasteiger partial charge in [-0.05, 0) is 57.4 Å². The zero-order chi connectivity index (χ0) is 19.7. The predicted molar refractivity (Wildman–Crippen MR) is 101 cm³/mol. The Labute approximate surface area is 155 Å². The molecule has 146 valence electrons. The lowest BCUT2D eigenvalue weighted by Gasteiger charge is -2.26. The smallest absolute Gasteiger partial charge is 0.272 e. The molecule has 1 atom stereocenters. The number of nitrogens with one attached hydrogen (secondary N) is 3. The molecule has 1 aromatic carbocycles. The average Bonchev–Trinajstić information content (AvgIpc) is 2.55. The highest BCUT2D eigenvalue weighted by molar-refractivity contribution is 5.83. The number of hydrogen-bond acceptors (Lipinski definition) is 5. The molecule has 26 heavy (non-hydrogen) atoms. The van der Waals surface area contributed by atoms with E-state index in [1.54, 1.807) is 31.4 Å². The van der Waals surface area contributed by atoms with E-state index >= 15 is 0 Å². The Hall–Kier alpha value is -2.28. The average molecular weight is 365 g/mol. The van der Waals surface area contributed by atoms with Crippen molar-refractivity contribution in [3.8, 4) is 11.5 Å². The van der Waals surface area contributed by atoms with Crippen molar-refractivity contribution in [2.45, 2.75) is 52.6 Å². The second-order valence-electron chi connectivity index (χ2n) is 7.58. The van der Waals surface area contributed by atoms with E-state index in [9.17, 15) is 9.59 Å². The molecule has 0 aliphatic rings. The molecule has 0 aromatic heterocycles. The molecule has 0 radical (unpaired) electrons. The van der Waals surface area contributed by atoms with Crippen molar-refractivity contribution >= 4 is 11.8 Å². The summed E-state index contributed by atoms with van der Waals surface area (Å²) in [6.45, 7) is 9.63. The molecule has 0 saturated heterocycles. The van der Waals surface area contributed by atoms with Gasteiger partial charge in [0.05, 0.1) is 7.11 Å². The molecule has 0 aliphatic carbocycles. The molecule has 0 aliphatic heterocycles. The minimum atomic E-state index is -0.515. The summed E-state index contributed by atoms with van der Waals surface area (Å²) in [5, 5.41) is 2.92. The van der Waals surface area contributed by atoms with Gasteiger partial charge in [0.25, 0.3) is 5.91 Å². The molecule has 1 aromatic rings. The standard InChI is InChI=1S/C19H31N3O4/c1-13(2)11-16(18(24)20-19(3,4)5)21-22-17(23)12-26-15-9-7-14(25-6)8-10-15/h7-10,13,16,21H,11-12H2,1-6H3,(H,20,24)(H,22,23). The second kappa shape index (κ2) is 10.0. The largest absolute Gasteiger partial charge is 0.497 e. The summed E-state index contributed by atoms with van der Waals surface area (Å²) in [6.07, 6.45) is 0.599. The van der Waals surface area contributed by atoms with E-state index < -0.39 is 6.04 Å². The highest BCUT2D eigenvalue weighted by Crippen LogP contribution is 2.16. The van der Waals surface area contributed by atoms with Crippen molar-refractivity contribution in [3.05, 3.63) is 24.3 Å². The first-order valence-corrected chi connectivity index (χ1v) is 8.74. The molecule has 0 fully saturated rings. The van der Waals surface area contributed by atoms with Gasteiger partial charge >= 0.3 is 0 Å². The van der Waals surface area contributed by atoms with Crippen molar-refractivity contribution in [3.63, 3.8) is 0 Å². The topological polar surface area (TPSA) is 88.7 Å². The summed E-state index contributed by atoms with van der Waals surface area (Å²) in [5.74, 6) is 1.06. The summed E-state index contributed by atoms with van der Waals surface area (Å²) in [7, 11) is 1.58. The second-order valence-corrected chi connectivity index (χ2v) is 7.58. The van der Waals surface area contributed by atoms with Gasteiger partial charge in [-0.15, -0.1) is 0 Å². The Morgan fingerprint density at radius 3 is 2.15 bits per heavy atom. The van der Waals surface area contributed by atoms with Crippen LogP contribution in [0.3, 0.4) is 0 Å². The van der Waals surface area contributed by atoms with Crippen LogP contribution >= 0.6 is 0 Å². The van der Waals surface area contributed by atoms with E-state index in [-0.39, 0.29) is 24.0 Å². The van der Waals surface area contributed by atoms with Crippen LogP contribution in [0.2, 0.25) is 0 Å². The van der Waals surface area contributed by atoms with Gasteiger partial charge in [0.2, 0.25) is 5.91 Å². The SMILES string of the molecule is COc1ccc(OCC(=O)NNC(CC(C)C)C(=O)NC(C)(C)C)cc1. The third kappa shape index (κ3) is 8.71. The van der Waals surface area contributed by atoms with E-state index in [0.29, 0.717) is 23.8 Å². The fraction of sp³-hybridized carbons (Fsp3) is 0.579. The number of amides is 2. The van der Waals surface area contributed by atoms with Crippen molar-refractivity contribution in [1.29, 1.82) is 0 Å². The van der Waals surface area contributed by atoms with Crippen LogP contribution in [0.25, 0.3) is 0 Å². The number of rotatable bonds is 9. The Balaban J connectivity index is 2.50. The van der Waals surface area contributed by atoms with Gasteiger partial charge < -0.3 is 14.8 Å². The molecule has 1 unspecified atom stereocenters. The van der Waals surface area contributed by atoms with Crippen molar-refractivity contribution in [1.82, 2.24) is 16.2 Å². The Morgan fingerprint density at radius 1 is 1.08 bits per heavy atom. The van der Waals surface area contributed by atoms with Gasteiger partial charge in [0.1, 0.15) is 17.5 Å². The third-order valence-corrected chi connectivity index (χ3v) is 3.34. The third-order valence-electron chi connectivity index (χ3n) is 3.34. The molecule has 7 heteroatoms. The highest BCUT2D eigenvalue weighted by atomic mass is 16.5. The molecule has 0 heterocycles. The first-order chi connectivity index (χ1) is 12.1. The molecular formula is C19H31N3O4. The molecular weight excluding hydrogens is 334 g/mol. The van der Waals surface area contributed by atoms with Crippen LogP contribution in [0.4, 0.5) is 0 Å². The maximum absolute atomic E-state index is 12.4. The van der Waals surface area contributed by atoms with Gasteiger partial charge in [-0.25, -0.2) is 5.43 Å². The van der Waals surface area contributed by atoms with Crippen LogP contribution in [0.1, 0.15) is 41.0 Å². The number of benzene rings is 1. The lowest BCUT2D eigenvalue weighted by atomic mass is 10.0. The summed E-state index contributed by atoms with van der Waals surface area (Å²) < 4.78 is 10.5. The summed E-state index contributed by atoms with van der Waals surface area (Å²) in [6, 6.07) is 6.43. The van der Waals surface area contributed by atoms with Gasteiger partial charge in [-0.3, -0.25) is 15.0 Å². The van der Waals surface area contributed by atoms with Crippen molar-refractivity contribution in [2.75, 3.05) is 13.7 Å². The van der Waals surface area contributed by atoms with Crippen molar-refractivity contribution < 1.29 is 19.1 Å². The van der Waals surface area contributed by atoms with E-state index in [1.165, 1.54) is 0 Å². The fourth-order valence-corrected chi connectivity index (χ4v) is 2.18. The molecule has 7 nitrogen and oxygen atoms in total. The Kier molecular flexibility index (Phi) is 8.38. The normalized spacial score (nSPS) is 12.4. The fourth-order valence-electron chi connectivity index (χ4n) is 2.18. The molecule has 1 rings (SSSR count). The van der Waals surface area contributed by atoms with E-state index in [4.69, 9.17) is 9.47 Å². The molecule has 0 bridgehead atoms. The highest BCUT2D eigenvalue weighted by Gasteiger charge is 2.24. The minimum Gasteiger partial charge on any atom is -0.497 e. The molecule has 3 N–H and O–H groups in total. The number of hydrazine groups is 1. The van der Waals surface area contributed by atoms with Gasteiger partial charge in [-0.1, -0.05) is 13.8 Å². The lowest BCUT2D eigenvalue weighted by molar-refractivity contribution is -0.127. The Bertz CT molecular complexity index is 579. The zero-order valence-corrected chi connectivity index (χ0v) is 16.5. The van der Waals surface area contributed by atoms with Crippen LogP contribution < -0.4 is 25.6 Å². The quantitative estimate of drug-likeness (QED) is 0.583. The maximum Gasteiger partial charge on any atom is 0.272 e. The van der Waals surface area contributed by atoms with Crippen LogP contribution in [0, 0.1) is 5.92 Å². The van der Waals surface area contributed by atoms with Crippen LogP contribution in [0.15, 0.2) is 24.3 Å². The molecule has 2 amide bonds. The minimum absolute atomic E-state index is 0.150. The predicted octanol–water partition coefficient (Wildman–Crippen LogP) is 2.02. The van der Waals surface area contributed by atoms with E-state index in [2.05, 4.69) is 16.2 Å². The number of ether oxygens (including phenoxy) is 2. The Morgan fingerprint density at radius 2 is 1.65 bits per heavy atom. The number of carbonyl (C=O) groups excluding carboxylic acids is 2. The first kappa shape index (κ1) is 21.8. The lowest BCUT2D eigenvalue weighted by Crippen LogP contribution is -2.56. The monoisotopic (exact) mass is 365 g/mol. The summed E-state index contributed by atoms with van der Waals surface area (Å²) in [4.78, 5) is 24.4. The van der Waals surface area contributed by atoms with Crippen molar-refractivity contribution in [2.24, 2.45) is 5.92 Å². The van der Waals surface area contributed by atoms with E-state index in [1.807, 2.05) is 34.6 Å². The first-order valence-electron chi connectivity index (χ1n) is 8.74. The summed E-state index contributed by atoms with van der Waals surface area (Å²) >= 11 is 0. The number of methoxy groups -OCH3 is 1. The van der Waals surface area contributed by atoms with Crippen LogP contribution in [-0.2, 0) is 9.59 Å². The van der Waals surface area contributed by atoms with Crippen LogP contribution in [0.5, 0.6) is 11.5 Å². The number of carbonyl (C=O) groups is 2. The molecule has 0 spiro atoms. The van der Waals surface area contributed by atoms with Crippen LogP contribution in [-0.4, -0.2) is 37.1 Å². The van der Waals surface area contributed by atoms with Gasteiger partial charge in [0, 0.05) is 5.54 Å². The summed E-state index contributed by atoms with van der Waals surface area (Å²) in [5.41, 5.74) is 5.03.